The molecule has 28 heavy (non-hydrogen) atoms. The maximum atomic E-state index is 12.4. The molecule has 3 rings (SSSR count). The van der Waals surface area contributed by atoms with Crippen LogP contribution in [0.3, 0.4) is 0 Å². The largest absolute Gasteiger partial charge is 0.325 e. The molecule has 1 N–H and O–H groups in total. The minimum Gasteiger partial charge on any atom is -0.325 e. The van der Waals surface area contributed by atoms with Crippen LogP contribution in [0.25, 0.3) is 0 Å². The number of halogens is 2. The highest BCUT2D eigenvalue weighted by molar-refractivity contribution is 6.41. The summed E-state index contributed by atoms with van der Waals surface area (Å²) >= 11 is 11.7. The third-order valence-electron chi connectivity index (χ3n) is 4.99. The van der Waals surface area contributed by atoms with Crippen molar-refractivity contribution < 1.29 is 4.79 Å². The number of hydrogen-bond donors (Lipinski definition) is 1. The molecule has 1 aliphatic rings. The van der Waals surface area contributed by atoms with Crippen LogP contribution in [-0.2, 0) is 11.5 Å². The lowest BCUT2D eigenvalue weighted by atomic mass is 10.1. The molecular weight excluding hydrogens is 401 g/mol. The number of piperazine rings is 1. The highest BCUT2D eigenvalue weighted by atomic mass is 35.5. The van der Waals surface area contributed by atoms with Crippen molar-refractivity contribution in [3.05, 3.63) is 55.9 Å². The van der Waals surface area contributed by atoms with Crippen molar-refractivity contribution in [1.29, 1.82) is 0 Å². The average Bonchev–Trinajstić information content (AvgIpc) is 2.67. The lowest BCUT2D eigenvalue weighted by Gasteiger charge is -2.34. The number of carbonyl (C=O) groups excluding carboxylic acids is 1. The van der Waals surface area contributed by atoms with E-state index in [1.807, 2.05) is 32.0 Å². The van der Waals surface area contributed by atoms with Gasteiger partial charge in [0.25, 0.3) is 5.56 Å². The van der Waals surface area contributed by atoms with Gasteiger partial charge in [0.15, 0.2) is 0 Å². The molecule has 1 amide bonds. The van der Waals surface area contributed by atoms with E-state index in [2.05, 4.69) is 20.2 Å². The van der Waals surface area contributed by atoms with Crippen molar-refractivity contribution in [3.63, 3.8) is 0 Å². The lowest BCUT2D eigenvalue weighted by Crippen LogP contribution is -2.49. The summed E-state index contributed by atoms with van der Waals surface area (Å²) < 4.78 is 1.30. The first kappa shape index (κ1) is 20.8. The fourth-order valence-electron chi connectivity index (χ4n) is 3.10. The molecule has 9 heteroatoms. The predicted octanol–water partition coefficient (Wildman–Crippen LogP) is 2.38. The second kappa shape index (κ2) is 9.05. The number of carbonyl (C=O) groups is 1. The Labute approximate surface area is 173 Å². The van der Waals surface area contributed by atoms with Crippen LogP contribution < -0.4 is 10.9 Å². The number of nitrogens with one attached hydrogen (secondary N) is 1. The van der Waals surface area contributed by atoms with E-state index in [-0.39, 0.29) is 16.0 Å². The molecule has 1 saturated heterocycles. The summed E-state index contributed by atoms with van der Waals surface area (Å²) in [7, 11) is 0. The third-order valence-corrected chi connectivity index (χ3v) is 5.74. The number of amides is 1. The van der Waals surface area contributed by atoms with Gasteiger partial charge in [0, 0.05) is 31.9 Å². The molecule has 1 aliphatic heterocycles. The standard InChI is InChI=1S/C19H23Cl2N5O2/c1-13-4-3-5-16(14(13)2)23-17(27)11-24-6-8-25(9-7-24)12-26-19(28)18(21)15(20)10-22-26/h3-5,10H,6-9,11-12H2,1-2H3,(H,23,27). The van der Waals surface area contributed by atoms with Crippen LogP contribution in [0.2, 0.25) is 10.0 Å². The summed E-state index contributed by atoms with van der Waals surface area (Å²) in [6, 6.07) is 5.88. The molecule has 0 spiro atoms. The molecular formula is C19H23Cl2N5O2. The van der Waals surface area contributed by atoms with E-state index in [9.17, 15) is 9.59 Å². The Balaban J connectivity index is 1.50. The summed E-state index contributed by atoms with van der Waals surface area (Å²) in [5.41, 5.74) is 2.69. The zero-order chi connectivity index (χ0) is 20.3. The predicted molar refractivity (Wildman–Crippen MR) is 111 cm³/mol. The Bertz CT molecular complexity index is 923. The van der Waals surface area contributed by atoms with Gasteiger partial charge in [-0.25, -0.2) is 4.68 Å². The Morgan fingerprint density at radius 1 is 1.14 bits per heavy atom. The number of anilines is 1. The number of benzene rings is 1. The molecule has 0 atom stereocenters. The van der Waals surface area contributed by atoms with Gasteiger partial charge in [-0.15, -0.1) is 0 Å². The van der Waals surface area contributed by atoms with Crippen molar-refractivity contribution in [2.75, 3.05) is 38.0 Å². The maximum Gasteiger partial charge on any atom is 0.288 e. The van der Waals surface area contributed by atoms with E-state index in [0.29, 0.717) is 13.2 Å². The Morgan fingerprint density at radius 2 is 1.82 bits per heavy atom. The van der Waals surface area contributed by atoms with Gasteiger partial charge < -0.3 is 5.32 Å². The molecule has 0 radical (unpaired) electrons. The van der Waals surface area contributed by atoms with Crippen molar-refractivity contribution in [2.45, 2.75) is 20.5 Å². The normalized spacial score (nSPS) is 15.6. The van der Waals surface area contributed by atoms with E-state index in [0.717, 1.165) is 43.0 Å². The van der Waals surface area contributed by atoms with Crippen LogP contribution in [-0.4, -0.2) is 58.2 Å². The van der Waals surface area contributed by atoms with Crippen molar-refractivity contribution in [2.24, 2.45) is 0 Å². The second-order valence-electron chi connectivity index (χ2n) is 6.94. The molecule has 2 heterocycles. The lowest BCUT2D eigenvalue weighted by molar-refractivity contribution is -0.117. The number of nitrogens with zero attached hydrogens (tertiary/aromatic N) is 4. The van der Waals surface area contributed by atoms with Gasteiger partial charge in [0.2, 0.25) is 5.91 Å². The smallest absolute Gasteiger partial charge is 0.288 e. The number of aryl methyl sites for hydroxylation is 1. The summed E-state index contributed by atoms with van der Waals surface area (Å²) in [4.78, 5) is 28.7. The average molecular weight is 424 g/mol. The minimum atomic E-state index is -0.399. The van der Waals surface area contributed by atoms with E-state index in [1.54, 1.807) is 0 Å². The van der Waals surface area contributed by atoms with Gasteiger partial charge in [0.05, 0.1) is 24.4 Å². The topological polar surface area (TPSA) is 70.5 Å². The highest BCUT2D eigenvalue weighted by Crippen LogP contribution is 2.18. The molecule has 1 aromatic carbocycles. The first-order chi connectivity index (χ1) is 13.3. The van der Waals surface area contributed by atoms with Crippen LogP contribution in [0, 0.1) is 13.8 Å². The van der Waals surface area contributed by atoms with Gasteiger partial charge in [-0.3, -0.25) is 19.4 Å². The Morgan fingerprint density at radius 3 is 2.54 bits per heavy atom. The van der Waals surface area contributed by atoms with E-state index in [4.69, 9.17) is 23.2 Å². The van der Waals surface area contributed by atoms with E-state index >= 15 is 0 Å². The number of rotatable bonds is 5. The number of hydrogen-bond acceptors (Lipinski definition) is 5. The quantitative estimate of drug-likeness (QED) is 0.798. The van der Waals surface area contributed by atoms with E-state index in [1.165, 1.54) is 10.9 Å². The van der Waals surface area contributed by atoms with Gasteiger partial charge >= 0.3 is 0 Å². The summed E-state index contributed by atoms with van der Waals surface area (Å²) in [6.45, 7) is 7.63. The van der Waals surface area contributed by atoms with Crippen LogP contribution in [0.1, 0.15) is 11.1 Å². The molecule has 0 unspecified atom stereocenters. The van der Waals surface area contributed by atoms with Gasteiger partial charge in [0.1, 0.15) is 5.02 Å². The van der Waals surface area contributed by atoms with Crippen molar-refractivity contribution in [1.82, 2.24) is 19.6 Å². The Kier molecular flexibility index (Phi) is 6.72. The highest BCUT2D eigenvalue weighted by Gasteiger charge is 2.20. The van der Waals surface area contributed by atoms with Crippen LogP contribution >= 0.6 is 23.2 Å². The minimum absolute atomic E-state index is 0.0154. The van der Waals surface area contributed by atoms with E-state index < -0.39 is 5.56 Å². The molecule has 0 bridgehead atoms. The van der Waals surface area contributed by atoms with Gasteiger partial charge in [-0.2, -0.15) is 5.10 Å². The van der Waals surface area contributed by atoms with Crippen molar-refractivity contribution in [3.8, 4) is 0 Å². The zero-order valence-electron chi connectivity index (χ0n) is 15.9. The van der Waals surface area contributed by atoms with Crippen LogP contribution in [0.5, 0.6) is 0 Å². The fraction of sp³-hybridized carbons (Fsp3) is 0.421. The van der Waals surface area contributed by atoms with Crippen molar-refractivity contribution >= 4 is 34.8 Å². The summed E-state index contributed by atoms with van der Waals surface area (Å²) in [5, 5.41) is 7.16. The van der Waals surface area contributed by atoms with Crippen LogP contribution in [0.4, 0.5) is 5.69 Å². The first-order valence-corrected chi connectivity index (χ1v) is 9.82. The van der Waals surface area contributed by atoms with Gasteiger partial charge in [-0.05, 0) is 31.0 Å². The third kappa shape index (κ3) is 4.91. The fourth-order valence-corrected chi connectivity index (χ4v) is 3.37. The monoisotopic (exact) mass is 423 g/mol. The Hall–Kier alpha value is -1.93. The first-order valence-electron chi connectivity index (χ1n) is 9.07. The second-order valence-corrected chi connectivity index (χ2v) is 7.73. The van der Waals surface area contributed by atoms with Gasteiger partial charge in [-0.1, -0.05) is 35.3 Å². The molecule has 150 valence electrons. The summed E-state index contributed by atoms with van der Waals surface area (Å²) in [6.07, 6.45) is 1.37. The molecule has 7 nitrogen and oxygen atoms in total. The molecule has 2 aromatic rings. The number of aromatic nitrogens is 2. The molecule has 0 saturated carbocycles. The molecule has 1 fully saturated rings. The van der Waals surface area contributed by atoms with Crippen LogP contribution in [0.15, 0.2) is 29.2 Å². The zero-order valence-corrected chi connectivity index (χ0v) is 17.4. The SMILES string of the molecule is Cc1cccc(NC(=O)CN2CCN(Cn3ncc(Cl)c(Cl)c3=O)CC2)c1C. The molecule has 1 aromatic heterocycles. The summed E-state index contributed by atoms with van der Waals surface area (Å²) in [5.74, 6) is -0.0236. The maximum absolute atomic E-state index is 12.4. The molecule has 0 aliphatic carbocycles.